The highest BCUT2D eigenvalue weighted by Gasteiger charge is 2.31. The molecule has 0 bridgehead atoms. The molecule has 1 unspecified atom stereocenters. The quantitative estimate of drug-likeness (QED) is 0.833. The van der Waals surface area contributed by atoms with Crippen molar-refractivity contribution >= 4 is 9.04 Å². The lowest BCUT2D eigenvalue weighted by Crippen LogP contribution is -2.39. The summed E-state index contributed by atoms with van der Waals surface area (Å²) in [4.78, 5) is 0. The summed E-state index contributed by atoms with van der Waals surface area (Å²) >= 11 is 0. The SMILES string of the molecule is COc1ccc2c(c1)CCN[C@@H]2CC(O[Si](C)C)C(C)(C)C. The molecule has 2 atom stereocenters. The first kappa shape index (κ1) is 17.5. The highest BCUT2D eigenvalue weighted by Crippen LogP contribution is 2.34. The van der Waals surface area contributed by atoms with Crippen LogP contribution in [-0.2, 0) is 10.8 Å². The first-order valence-corrected chi connectivity index (χ1v) is 10.6. The Morgan fingerprint density at radius 2 is 2.05 bits per heavy atom. The Balaban J connectivity index is 2.19. The average Bonchev–Trinajstić information content (AvgIpc) is 2.44. The summed E-state index contributed by atoms with van der Waals surface area (Å²) in [6.45, 7) is 12.3. The molecule has 2 rings (SSSR count). The van der Waals surface area contributed by atoms with E-state index in [2.05, 4.69) is 57.4 Å². The third kappa shape index (κ3) is 4.34. The number of ether oxygens (including phenoxy) is 1. The van der Waals surface area contributed by atoms with Crippen molar-refractivity contribution in [2.75, 3.05) is 13.7 Å². The Kier molecular flexibility index (Phi) is 5.69. The van der Waals surface area contributed by atoms with Gasteiger partial charge in [-0.3, -0.25) is 0 Å². The van der Waals surface area contributed by atoms with E-state index in [0.29, 0.717) is 6.04 Å². The van der Waals surface area contributed by atoms with Gasteiger partial charge in [0.1, 0.15) is 5.75 Å². The standard InChI is InChI=1S/C18H30NO2Si/c1-18(2,3)17(21-22(5)6)12-16-15-8-7-14(20-4)11-13(15)9-10-19-16/h7-8,11,16-17,19H,9-10,12H2,1-6H3/t16-,17?/m1/s1. The van der Waals surface area contributed by atoms with Crippen LogP contribution >= 0.6 is 0 Å². The number of hydrogen-bond donors (Lipinski definition) is 1. The maximum atomic E-state index is 6.31. The fraction of sp³-hybridized carbons (Fsp3) is 0.667. The zero-order chi connectivity index (χ0) is 16.3. The van der Waals surface area contributed by atoms with E-state index >= 15 is 0 Å². The smallest absolute Gasteiger partial charge is 0.205 e. The molecule has 1 aromatic carbocycles. The van der Waals surface area contributed by atoms with E-state index in [1.165, 1.54) is 11.1 Å². The van der Waals surface area contributed by atoms with Gasteiger partial charge in [-0.25, -0.2) is 0 Å². The minimum absolute atomic E-state index is 0.160. The second kappa shape index (κ2) is 7.15. The Bertz CT molecular complexity index is 496. The van der Waals surface area contributed by atoms with Gasteiger partial charge in [-0.1, -0.05) is 26.8 Å². The van der Waals surface area contributed by atoms with Crippen molar-refractivity contribution in [1.29, 1.82) is 0 Å². The van der Waals surface area contributed by atoms with E-state index in [9.17, 15) is 0 Å². The molecule has 123 valence electrons. The lowest BCUT2D eigenvalue weighted by atomic mass is 9.82. The van der Waals surface area contributed by atoms with Gasteiger partial charge in [-0.15, -0.1) is 0 Å². The van der Waals surface area contributed by atoms with Gasteiger partial charge in [0.25, 0.3) is 0 Å². The molecule has 0 saturated carbocycles. The maximum Gasteiger partial charge on any atom is 0.205 e. The number of benzene rings is 1. The van der Waals surface area contributed by atoms with Crippen LogP contribution in [0.2, 0.25) is 13.1 Å². The average molecular weight is 321 g/mol. The monoisotopic (exact) mass is 320 g/mol. The Labute approximate surface area is 137 Å². The molecule has 4 heteroatoms. The van der Waals surface area contributed by atoms with E-state index in [1.807, 2.05) is 0 Å². The van der Waals surface area contributed by atoms with Crippen molar-refractivity contribution in [3.8, 4) is 5.75 Å². The summed E-state index contributed by atoms with van der Waals surface area (Å²) < 4.78 is 11.7. The van der Waals surface area contributed by atoms with Crippen LogP contribution in [-0.4, -0.2) is 28.8 Å². The lowest BCUT2D eigenvalue weighted by molar-refractivity contribution is 0.0674. The summed E-state index contributed by atoms with van der Waals surface area (Å²) in [6, 6.07) is 6.85. The minimum atomic E-state index is -0.701. The van der Waals surface area contributed by atoms with Crippen molar-refractivity contribution in [3.05, 3.63) is 29.3 Å². The molecule has 0 aromatic heterocycles. The molecule has 22 heavy (non-hydrogen) atoms. The molecule has 0 spiro atoms. The molecular weight excluding hydrogens is 290 g/mol. The third-order valence-electron chi connectivity index (χ3n) is 4.30. The van der Waals surface area contributed by atoms with Gasteiger partial charge in [0.05, 0.1) is 13.2 Å². The van der Waals surface area contributed by atoms with Crippen LogP contribution in [0.15, 0.2) is 18.2 Å². The molecule has 1 radical (unpaired) electrons. The highest BCUT2D eigenvalue weighted by atomic mass is 28.3. The predicted molar refractivity (Wildman–Crippen MR) is 93.9 cm³/mol. The van der Waals surface area contributed by atoms with Crippen molar-refractivity contribution in [2.24, 2.45) is 5.41 Å². The molecule has 3 nitrogen and oxygen atoms in total. The molecule has 1 N–H and O–H groups in total. The first-order valence-electron chi connectivity index (χ1n) is 8.18. The topological polar surface area (TPSA) is 30.5 Å². The molecular formula is C18H30NO2Si. The Morgan fingerprint density at radius 1 is 1.32 bits per heavy atom. The first-order chi connectivity index (χ1) is 10.3. The maximum absolute atomic E-state index is 6.31. The second-order valence-corrected chi connectivity index (χ2v) is 9.49. The number of nitrogens with one attached hydrogen (secondary N) is 1. The number of fused-ring (bicyclic) bond motifs is 1. The van der Waals surface area contributed by atoms with E-state index in [-0.39, 0.29) is 11.5 Å². The van der Waals surface area contributed by atoms with Crippen LogP contribution in [0.1, 0.15) is 44.4 Å². The van der Waals surface area contributed by atoms with Gasteiger partial charge < -0.3 is 14.5 Å². The van der Waals surface area contributed by atoms with Crippen LogP contribution in [0.5, 0.6) is 5.75 Å². The summed E-state index contributed by atoms with van der Waals surface area (Å²) in [5.74, 6) is 0.954. The molecule has 0 fully saturated rings. The predicted octanol–water partition coefficient (Wildman–Crippen LogP) is 3.95. The minimum Gasteiger partial charge on any atom is -0.497 e. The summed E-state index contributed by atoms with van der Waals surface area (Å²) in [5, 5.41) is 3.68. The zero-order valence-corrected chi connectivity index (χ0v) is 15.8. The van der Waals surface area contributed by atoms with Crippen molar-refractivity contribution in [1.82, 2.24) is 5.32 Å². The van der Waals surface area contributed by atoms with Crippen molar-refractivity contribution in [2.45, 2.75) is 58.9 Å². The largest absolute Gasteiger partial charge is 0.497 e. The van der Waals surface area contributed by atoms with E-state index < -0.39 is 9.04 Å². The third-order valence-corrected chi connectivity index (χ3v) is 5.06. The van der Waals surface area contributed by atoms with Gasteiger partial charge in [0.15, 0.2) is 0 Å². The van der Waals surface area contributed by atoms with Crippen molar-refractivity contribution in [3.63, 3.8) is 0 Å². The number of rotatable bonds is 5. The second-order valence-electron chi connectivity index (χ2n) is 7.44. The van der Waals surface area contributed by atoms with Crippen LogP contribution in [0, 0.1) is 5.41 Å². The molecule has 1 heterocycles. The fourth-order valence-electron chi connectivity index (χ4n) is 3.04. The fourth-order valence-corrected chi connectivity index (χ4v) is 4.06. The van der Waals surface area contributed by atoms with Crippen LogP contribution in [0.4, 0.5) is 0 Å². The molecule has 1 aromatic rings. The Morgan fingerprint density at radius 3 is 2.64 bits per heavy atom. The zero-order valence-electron chi connectivity index (χ0n) is 14.8. The van der Waals surface area contributed by atoms with Crippen LogP contribution < -0.4 is 10.1 Å². The van der Waals surface area contributed by atoms with Crippen LogP contribution in [0.25, 0.3) is 0 Å². The lowest BCUT2D eigenvalue weighted by Gasteiger charge is -2.37. The van der Waals surface area contributed by atoms with Crippen molar-refractivity contribution < 1.29 is 9.16 Å². The van der Waals surface area contributed by atoms with E-state index in [0.717, 1.165) is 25.1 Å². The summed E-state index contributed by atoms with van der Waals surface area (Å²) in [5.41, 5.74) is 2.98. The molecule has 0 amide bonds. The molecule has 0 aliphatic carbocycles. The molecule has 1 aliphatic heterocycles. The number of methoxy groups -OCH3 is 1. The summed E-state index contributed by atoms with van der Waals surface area (Å²) in [6.07, 6.45) is 2.38. The Hall–Kier alpha value is -0.843. The number of hydrogen-bond acceptors (Lipinski definition) is 3. The van der Waals surface area contributed by atoms with Gasteiger partial charge in [-0.2, -0.15) is 0 Å². The summed E-state index contributed by atoms with van der Waals surface area (Å²) in [7, 11) is 1.03. The van der Waals surface area contributed by atoms with E-state index in [1.54, 1.807) is 7.11 Å². The normalized spacial score (nSPS) is 19.9. The molecule has 0 saturated heterocycles. The van der Waals surface area contributed by atoms with Gasteiger partial charge in [0, 0.05) is 6.04 Å². The van der Waals surface area contributed by atoms with Crippen LogP contribution in [0.3, 0.4) is 0 Å². The highest BCUT2D eigenvalue weighted by molar-refractivity contribution is 6.48. The van der Waals surface area contributed by atoms with Gasteiger partial charge in [-0.05, 0) is 61.2 Å². The molecule has 1 aliphatic rings. The van der Waals surface area contributed by atoms with Gasteiger partial charge in [0.2, 0.25) is 9.04 Å². The van der Waals surface area contributed by atoms with E-state index in [4.69, 9.17) is 9.16 Å². The van der Waals surface area contributed by atoms with Gasteiger partial charge >= 0.3 is 0 Å².